The van der Waals surface area contributed by atoms with Crippen LogP contribution in [0.1, 0.15) is 22.2 Å². The van der Waals surface area contributed by atoms with E-state index in [-0.39, 0.29) is 12.5 Å². The zero-order valence-corrected chi connectivity index (χ0v) is 11.1. The molecule has 0 aromatic carbocycles. The summed E-state index contributed by atoms with van der Waals surface area (Å²) in [5.74, 6) is -0.992. The molecule has 1 amide bonds. The van der Waals surface area contributed by atoms with Gasteiger partial charge in [0.25, 0.3) is 5.91 Å². The van der Waals surface area contributed by atoms with Gasteiger partial charge in [-0.15, -0.1) is 11.3 Å². The molecule has 1 aliphatic rings. The van der Waals surface area contributed by atoms with Crippen molar-refractivity contribution in [1.29, 1.82) is 0 Å². The lowest BCUT2D eigenvalue weighted by Crippen LogP contribution is -2.63. The van der Waals surface area contributed by atoms with Gasteiger partial charge in [-0.05, 0) is 30.9 Å². The van der Waals surface area contributed by atoms with Crippen LogP contribution in [0, 0.1) is 6.92 Å². The Kier molecular flexibility index (Phi) is 3.41. The number of hydrogen-bond acceptors (Lipinski definition) is 4. The summed E-state index contributed by atoms with van der Waals surface area (Å²) in [6, 6.07) is 1.91. The highest BCUT2D eigenvalue weighted by atomic mass is 32.1. The summed E-state index contributed by atoms with van der Waals surface area (Å²) >= 11 is 1.43. The number of rotatable bonds is 4. The van der Waals surface area contributed by atoms with E-state index < -0.39 is 11.6 Å². The van der Waals surface area contributed by atoms with Crippen LogP contribution in [0.4, 0.5) is 0 Å². The minimum atomic E-state index is -0.991. The van der Waals surface area contributed by atoms with Crippen molar-refractivity contribution >= 4 is 23.2 Å². The smallest absolute Gasteiger partial charge is 0.329 e. The Morgan fingerprint density at radius 3 is 2.72 bits per heavy atom. The first-order valence-electron chi connectivity index (χ1n) is 5.60. The van der Waals surface area contributed by atoms with Gasteiger partial charge in [0, 0.05) is 0 Å². The number of aryl methyl sites for hydroxylation is 1. The lowest BCUT2D eigenvalue weighted by Gasteiger charge is -2.47. The molecule has 0 unspecified atom stereocenters. The quantitative estimate of drug-likeness (QED) is 0.896. The van der Waals surface area contributed by atoms with Gasteiger partial charge in [-0.1, -0.05) is 0 Å². The number of carbonyl (C=O) groups is 2. The average molecular weight is 269 g/mol. The number of thiophene rings is 1. The minimum absolute atomic E-state index is 0.00102. The number of nitrogens with zero attached hydrogens (tertiary/aromatic N) is 1. The third-order valence-electron chi connectivity index (χ3n) is 2.94. The molecule has 1 fully saturated rings. The highest BCUT2D eigenvalue weighted by Gasteiger charge is 2.43. The van der Waals surface area contributed by atoms with Crippen molar-refractivity contribution in [3.05, 3.63) is 21.9 Å². The van der Waals surface area contributed by atoms with Gasteiger partial charge in [0.1, 0.15) is 12.2 Å². The van der Waals surface area contributed by atoms with E-state index in [1.165, 1.54) is 11.3 Å². The van der Waals surface area contributed by atoms with E-state index in [1.54, 1.807) is 4.90 Å². The fraction of sp³-hybridized carbons (Fsp3) is 0.500. The van der Waals surface area contributed by atoms with E-state index in [2.05, 4.69) is 0 Å². The number of carboxylic acid groups (broad SMARTS) is 1. The Labute approximate surface area is 109 Å². The Morgan fingerprint density at radius 2 is 2.22 bits per heavy atom. The van der Waals surface area contributed by atoms with Gasteiger partial charge in [0.15, 0.2) is 0 Å². The van der Waals surface area contributed by atoms with Gasteiger partial charge in [-0.25, -0.2) is 4.79 Å². The van der Waals surface area contributed by atoms with Gasteiger partial charge in [0.2, 0.25) is 0 Å². The zero-order valence-electron chi connectivity index (χ0n) is 10.3. The average Bonchev–Trinajstić information content (AvgIpc) is 2.68. The van der Waals surface area contributed by atoms with E-state index in [4.69, 9.17) is 9.84 Å². The molecular weight excluding hydrogens is 254 g/mol. The van der Waals surface area contributed by atoms with Crippen molar-refractivity contribution in [1.82, 2.24) is 4.90 Å². The maximum absolute atomic E-state index is 12.1. The number of carbonyl (C=O) groups excluding carboxylic acids is 1. The molecule has 0 spiro atoms. The second-order valence-electron chi connectivity index (χ2n) is 4.73. The zero-order chi connectivity index (χ0) is 13.3. The number of aliphatic carboxylic acids is 1. The van der Waals surface area contributed by atoms with E-state index in [9.17, 15) is 9.59 Å². The second-order valence-corrected chi connectivity index (χ2v) is 5.64. The van der Waals surface area contributed by atoms with Gasteiger partial charge in [0.05, 0.1) is 18.0 Å². The first kappa shape index (κ1) is 13.0. The Hall–Kier alpha value is -1.40. The number of hydrogen-bond donors (Lipinski definition) is 1. The number of carboxylic acids is 1. The molecule has 6 heteroatoms. The lowest BCUT2D eigenvalue weighted by atomic mass is 9.96. The molecule has 0 atom stereocenters. The van der Waals surface area contributed by atoms with Gasteiger partial charge < -0.3 is 14.7 Å². The van der Waals surface area contributed by atoms with E-state index in [0.29, 0.717) is 13.1 Å². The van der Waals surface area contributed by atoms with E-state index in [0.717, 1.165) is 10.4 Å². The van der Waals surface area contributed by atoms with Crippen LogP contribution in [-0.2, 0) is 9.53 Å². The molecule has 2 heterocycles. The normalized spacial score (nSPS) is 17.3. The van der Waals surface area contributed by atoms with Crippen molar-refractivity contribution in [3.8, 4) is 0 Å². The molecule has 1 N–H and O–H groups in total. The molecule has 0 radical (unpaired) electrons. The lowest BCUT2D eigenvalue weighted by molar-refractivity contribution is -0.159. The summed E-state index contributed by atoms with van der Waals surface area (Å²) in [7, 11) is 0. The van der Waals surface area contributed by atoms with Crippen LogP contribution in [-0.4, -0.2) is 47.2 Å². The Morgan fingerprint density at radius 1 is 1.56 bits per heavy atom. The van der Waals surface area contributed by atoms with Gasteiger partial charge >= 0.3 is 5.97 Å². The highest BCUT2D eigenvalue weighted by Crippen LogP contribution is 2.28. The minimum Gasteiger partial charge on any atom is -0.480 e. The predicted molar refractivity (Wildman–Crippen MR) is 67.0 cm³/mol. The van der Waals surface area contributed by atoms with Crippen LogP contribution in [0.5, 0.6) is 0 Å². The molecule has 0 bridgehead atoms. The molecule has 0 aliphatic carbocycles. The van der Waals surface area contributed by atoms with E-state index >= 15 is 0 Å². The first-order chi connectivity index (χ1) is 8.41. The second kappa shape index (κ2) is 4.70. The summed E-state index contributed by atoms with van der Waals surface area (Å²) in [5.41, 5.74) is 0.448. The number of likely N-dealkylation sites (tertiary alicyclic amines) is 1. The maximum atomic E-state index is 12.1. The molecule has 1 aliphatic heterocycles. The van der Waals surface area contributed by atoms with Crippen LogP contribution < -0.4 is 0 Å². The molecule has 1 aromatic rings. The van der Waals surface area contributed by atoms with Crippen LogP contribution >= 0.6 is 11.3 Å². The van der Waals surface area contributed by atoms with Crippen molar-refractivity contribution in [2.75, 3.05) is 19.7 Å². The molecule has 18 heavy (non-hydrogen) atoms. The third-order valence-corrected chi connectivity index (χ3v) is 3.94. The highest BCUT2D eigenvalue weighted by molar-refractivity contribution is 7.12. The largest absolute Gasteiger partial charge is 0.480 e. The van der Waals surface area contributed by atoms with Crippen molar-refractivity contribution in [2.24, 2.45) is 0 Å². The molecule has 1 aromatic heterocycles. The monoisotopic (exact) mass is 269 g/mol. The van der Waals surface area contributed by atoms with Crippen LogP contribution in [0.15, 0.2) is 11.4 Å². The summed E-state index contributed by atoms with van der Waals surface area (Å²) in [6.45, 7) is 4.29. The molecule has 98 valence electrons. The first-order valence-corrected chi connectivity index (χ1v) is 6.48. The summed E-state index contributed by atoms with van der Waals surface area (Å²) in [4.78, 5) is 25.0. The third kappa shape index (κ3) is 2.54. The molecule has 2 rings (SSSR count). The van der Waals surface area contributed by atoms with E-state index in [1.807, 2.05) is 25.3 Å². The number of amides is 1. The standard InChI is InChI=1S/C12H15NO4S/c1-8-3-4-18-10(8)11(16)13-6-12(2,7-13)17-5-9(14)15/h3-4H,5-7H2,1-2H3,(H,14,15). The van der Waals surface area contributed by atoms with Crippen molar-refractivity contribution in [3.63, 3.8) is 0 Å². The fourth-order valence-electron chi connectivity index (χ4n) is 1.97. The van der Waals surface area contributed by atoms with Gasteiger partial charge in [-0.2, -0.15) is 0 Å². The number of ether oxygens (including phenoxy) is 1. The van der Waals surface area contributed by atoms with Crippen molar-refractivity contribution in [2.45, 2.75) is 19.4 Å². The SMILES string of the molecule is Cc1ccsc1C(=O)N1CC(C)(OCC(=O)O)C1. The van der Waals surface area contributed by atoms with Gasteiger partial charge in [-0.3, -0.25) is 4.79 Å². The van der Waals surface area contributed by atoms with Crippen LogP contribution in [0.3, 0.4) is 0 Å². The summed E-state index contributed by atoms with van der Waals surface area (Å²) in [5, 5.41) is 10.4. The summed E-state index contributed by atoms with van der Waals surface area (Å²) in [6.07, 6.45) is 0. The Bertz CT molecular complexity index is 476. The Balaban J connectivity index is 1.91. The maximum Gasteiger partial charge on any atom is 0.329 e. The predicted octanol–water partition coefficient (Wildman–Crippen LogP) is 1.37. The topological polar surface area (TPSA) is 66.8 Å². The fourth-order valence-corrected chi connectivity index (χ4v) is 2.86. The molecule has 0 saturated carbocycles. The molecule has 1 saturated heterocycles. The summed E-state index contributed by atoms with van der Waals surface area (Å²) < 4.78 is 5.26. The van der Waals surface area contributed by atoms with Crippen LogP contribution in [0.25, 0.3) is 0 Å². The molecule has 5 nitrogen and oxygen atoms in total. The van der Waals surface area contributed by atoms with Crippen LogP contribution in [0.2, 0.25) is 0 Å². The molecular formula is C12H15NO4S. The van der Waals surface area contributed by atoms with Crippen molar-refractivity contribution < 1.29 is 19.4 Å².